The molecular weight excluding hydrogens is 328 g/mol. The van der Waals surface area contributed by atoms with Crippen molar-refractivity contribution in [2.45, 2.75) is 56.0 Å². The second-order valence-corrected chi connectivity index (χ2v) is 8.18. The van der Waals surface area contributed by atoms with Crippen LogP contribution in [0.4, 0.5) is 5.69 Å². The fourth-order valence-corrected chi connectivity index (χ4v) is 4.16. The minimum absolute atomic E-state index is 0.0891. The summed E-state index contributed by atoms with van der Waals surface area (Å²) in [5, 5.41) is 7.17. The lowest BCUT2D eigenvalue weighted by Crippen LogP contribution is -2.26. The molecule has 2 N–H and O–H groups in total. The first kappa shape index (κ1) is 15.6. The Morgan fingerprint density at radius 1 is 1.25 bits per heavy atom. The number of nitrogens with zero attached hydrogens (tertiary/aromatic N) is 2. The lowest BCUT2D eigenvalue weighted by molar-refractivity contribution is 0.374. The molecule has 1 aromatic heterocycles. The topological polar surface area (TPSA) is 97.1 Å². The van der Waals surface area contributed by atoms with Crippen molar-refractivity contribution in [3.05, 3.63) is 35.5 Å². The molecule has 1 aromatic carbocycles. The highest BCUT2D eigenvalue weighted by atomic mass is 32.2. The highest BCUT2D eigenvalue weighted by Gasteiger charge is 2.30. The van der Waals surface area contributed by atoms with Gasteiger partial charge in [0.1, 0.15) is 0 Å². The van der Waals surface area contributed by atoms with Gasteiger partial charge >= 0.3 is 0 Å². The van der Waals surface area contributed by atoms with Crippen molar-refractivity contribution in [2.24, 2.45) is 0 Å². The molecule has 0 unspecified atom stereocenters. The third kappa shape index (κ3) is 3.29. The van der Waals surface area contributed by atoms with Gasteiger partial charge in [0, 0.05) is 17.6 Å². The highest BCUT2D eigenvalue weighted by molar-refractivity contribution is 7.89. The summed E-state index contributed by atoms with van der Waals surface area (Å²) in [4.78, 5) is 4.68. The van der Waals surface area contributed by atoms with E-state index in [1.165, 1.54) is 0 Å². The van der Waals surface area contributed by atoms with E-state index >= 15 is 0 Å². The van der Waals surface area contributed by atoms with Crippen molar-refractivity contribution in [3.63, 3.8) is 0 Å². The van der Waals surface area contributed by atoms with Crippen LogP contribution in [0.1, 0.15) is 48.9 Å². The molecule has 0 spiro atoms. The van der Waals surface area contributed by atoms with E-state index in [0.717, 1.165) is 31.4 Å². The molecule has 8 heteroatoms. The first-order chi connectivity index (χ1) is 11.5. The SMILES string of the molecule is Cc1c(NCc2noc(C3CC3)n2)cccc1S(=O)(=O)NC1CC1. The van der Waals surface area contributed by atoms with Crippen LogP contribution in [0.5, 0.6) is 0 Å². The minimum atomic E-state index is -3.47. The Balaban J connectivity index is 1.49. The van der Waals surface area contributed by atoms with Crippen molar-refractivity contribution in [1.82, 2.24) is 14.9 Å². The fraction of sp³-hybridized carbons (Fsp3) is 0.500. The molecule has 0 aliphatic heterocycles. The Hall–Kier alpha value is -1.93. The van der Waals surface area contributed by atoms with Gasteiger partial charge in [-0.15, -0.1) is 0 Å². The summed E-state index contributed by atoms with van der Waals surface area (Å²) in [6.07, 6.45) is 4.05. The van der Waals surface area contributed by atoms with E-state index in [-0.39, 0.29) is 6.04 Å². The number of aromatic nitrogens is 2. The van der Waals surface area contributed by atoms with Crippen LogP contribution in [0.2, 0.25) is 0 Å². The molecule has 1 heterocycles. The molecule has 7 nitrogen and oxygen atoms in total. The van der Waals surface area contributed by atoms with E-state index in [4.69, 9.17) is 4.52 Å². The molecule has 0 saturated heterocycles. The Morgan fingerprint density at radius 3 is 2.75 bits per heavy atom. The zero-order valence-electron chi connectivity index (χ0n) is 13.4. The van der Waals surface area contributed by atoms with E-state index < -0.39 is 10.0 Å². The smallest absolute Gasteiger partial charge is 0.241 e. The van der Waals surface area contributed by atoms with E-state index in [1.807, 2.05) is 6.07 Å². The molecule has 4 rings (SSSR count). The van der Waals surface area contributed by atoms with E-state index in [0.29, 0.717) is 34.6 Å². The van der Waals surface area contributed by atoms with Gasteiger partial charge in [0.15, 0.2) is 5.82 Å². The van der Waals surface area contributed by atoms with Gasteiger partial charge in [0.2, 0.25) is 15.9 Å². The molecule has 0 radical (unpaired) electrons. The van der Waals surface area contributed by atoms with Crippen LogP contribution in [0.25, 0.3) is 0 Å². The summed E-state index contributed by atoms with van der Waals surface area (Å²) >= 11 is 0. The molecule has 24 heavy (non-hydrogen) atoms. The van der Waals surface area contributed by atoms with Gasteiger partial charge in [-0.25, -0.2) is 13.1 Å². The Kier molecular flexibility index (Phi) is 3.80. The lowest BCUT2D eigenvalue weighted by Gasteiger charge is -2.13. The van der Waals surface area contributed by atoms with Crippen LogP contribution in [0, 0.1) is 6.92 Å². The maximum atomic E-state index is 12.4. The number of rotatable bonds is 7. The van der Waals surface area contributed by atoms with Crippen LogP contribution in [-0.2, 0) is 16.6 Å². The third-order valence-corrected chi connectivity index (χ3v) is 5.99. The summed E-state index contributed by atoms with van der Waals surface area (Å²) in [6.45, 7) is 2.20. The van der Waals surface area contributed by atoms with Crippen molar-refractivity contribution in [2.75, 3.05) is 5.32 Å². The van der Waals surface area contributed by atoms with E-state index in [9.17, 15) is 8.42 Å². The predicted molar refractivity (Wildman–Crippen MR) is 88.1 cm³/mol. The standard InChI is InChI=1S/C16H20N4O3S/c1-10-13(17-9-15-18-16(23-19-15)11-5-6-11)3-2-4-14(10)24(21,22)20-12-7-8-12/h2-4,11-12,17,20H,5-9H2,1H3. The molecule has 2 aromatic rings. The van der Waals surface area contributed by atoms with Gasteiger partial charge in [-0.05, 0) is 50.3 Å². The minimum Gasteiger partial charge on any atom is -0.377 e. The Labute approximate surface area is 140 Å². The third-order valence-electron chi connectivity index (χ3n) is 4.32. The summed E-state index contributed by atoms with van der Waals surface area (Å²) in [7, 11) is -3.47. The molecule has 0 amide bonds. The van der Waals surface area contributed by atoms with Crippen LogP contribution in [-0.4, -0.2) is 24.6 Å². The van der Waals surface area contributed by atoms with Crippen LogP contribution in [0.3, 0.4) is 0 Å². The van der Waals surface area contributed by atoms with Crippen molar-refractivity contribution in [3.8, 4) is 0 Å². The molecule has 128 valence electrons. The number of sulfonamides is 1. The largest absolute Gasteiger partial charge is 0.377 e. The van der Waals surface area contributed by atoms with E-state index in [1.54, 1.807) is 19.1 Å². The second-order valence-electron chi connectivity index (χ2n) is 6.50. The maximum absolute atomic E-state index is 12.4. The molecule has 2 fully saturated rings. The van der Waals surface area contributed by atoms with Crippen molar-refractivity contribution in [1.29, 1.82) is 0 Å². The zero-order chi connectivity index (χ0) is 16.7. The number of benzene rings is 1. The molecule has 0 bridgehead atoms. The second kappa shape index (κ2) is 5.86. The highest BCUT2D eigenvalue weighted by Crippen LogP contribution is 2.38. The van der Waals surface area contributed by atoms with Crippen molar-refractivity contribution >= 4 is 15.7 Å². The van der Waals surface area contributed by atoms with Gasteiger partial charge in [0.05, 0.1) is 11.4 Å². The number of hydrogen-bond acceptors (Lipinski definition) is 6. The van der Waals surface area contributed by atoms with Crippen LogP contribution >= 0.6 is 0 Å². The van der Waals surface area contributed by atoms with Gasteiger partial charge < -0.3 is 9.84 Å². The van der Waals surface area contributed by atoms with Gasteiger partial charge in [0.25, 0.3) is 0 Å². The normalized spacial score (nSPS) is 17.9. The molecular formula is C16H20N4O3S. The van der Waals surface area contributed by atoms with Gasteiger partial charge in [-0.3, -0.25) is 0 Å². The number of hydrogen-bond donors (Lipinski definition) is 2. The first-order valence-corrected chi connectivity index (χ1v) is 9.69. The lowest BCUT2D eigenvalue weighted by atomic mass is 10.2. The summed E-state index contributed by atoms with van der Waals surface area (Å²) in [5.41, 5.74) is 1.45. The maximum Gasteiger partial charge on any atom is 0.241 e. The summed E-state index contributed by atoms with van der Waals surface area (Å²) in [6, 6.07) is 5.31. The van der Waals surface area contributed by atoms with Gasteiger partial charge in [-0.1, -0.05) is 11.2 Å². The summed E-state index contributed by atoms with van der Waals surface area (Å²) in [5.74, 6) is 1.71. The zero-order valence-corrected chi connectivity index (χ0v) is 14.3. The van der Waals surface area contributed by atoms with Crippen LogP contribution in [0.15, 0.2) is 27.6 Å². The molecule has 2 saturated carbocycles. The summed E-state index contributed by atoms with van der Waals surface area (Å²) < 4.78 is 32.8. The quantitative estimate of drug-likeness (QED) is 0.797. The Morgan fingerprint density at radius 2 is 2.04 bits per heavy atom. The van der Waals surface area contributed by atoms with Crippen molar-refractivity contribution < 1.29 is 12.9 Å². The molecule has 2 aliphatic carbocycles. The number of nitrogens with one attached hydrogen (secondary N) is 2. The van der Waals surface area contributed by atoms with Gasteiger partial charge in [-0.2, -0.15) is 4.98 Å². The average Bonchev–Trinajstić information content (AvgIpc) is 3.47. The Bertz CT molecular complexity index is 854. The monoisotopic (exact) mass is 348 g/mol. The predicted octanol–water partition coefficient (Wildman–Crippen LogP) is 2.31. The molecule has 2 aliphatic rings. The van der Waals surface area contributed by atoms with Crippen LogP contribution < -0.4 is 10.0 Å². The fourth-order valence-electron chi connectivity index (χ4n) is 2.59. The first-order valence-electron chi connectivity index (χ1n) is 8.21. The van der Waals surface area contributed by atoms with E-state index in [2.05, 4.69) is 20.2 Å². The average molecular weight is 348 g/mol. The number of anilines is 1. The molecule has 0 atom stereocenters.